The third-order valence-corrected chi connectivity index (χ3v) is 6.22. The molecule has 14 N–H and O–H groups in total. The van der Waals surface area contributed by atoms with Gasteiger partial charge < -0.3 is 54.1 Å². The molecule has 4 unspecified atom stereocenters. The second-order valence-corrected chi connectivity index (χ2v) is 9.73. The summed E-state index contributed by atoms with van der Waals surface area (Å²) in [5, 5.41) is 26.7. The number of carboxylic acid groups (broad SMARTS) is 1. The van der Waals surface area contributed by atoms with Crippen molar-refractivity contribution in [2.75, 3.05) is 6.54 Å². The zero-order valence-electron chi connectivity index (χ0n) is 23.4. The van der Waals surface area contributed by atoms with E-state index in [0.717, 1.165) is 0 Å². The number of nitrogens with zero attached hydrogens (tertiary/aromatic N) is 2. The summed E-state index contributed by atoms with van der Waals surface area (Å²) < 4.78 is 0. The number of aromatic nitrogens is 2. The van der Waals surface area contributed by atoms with Crippen LogP contribution in [0.2, 0.25) is 0 Å². The van der Waals surface area contributed by atoms with Crippen LogP contribution in [-0.4, -0.2) is 86.5 Å². The molecule has 2 aromatic rings. The van der Waals surface area contributed by atoms with Crippen LogP contribution in [0.3, 0.4) is 0 Å². The molecular formula is C26H38N10O7. The summed E-state index contributed by atoms with van der Waals surface area (Å²) in [5.41, 5.74) is 22.7. The zero-order chi connectivity index (χ0) is 31.9. The highest BCUT2D eigenvalue weighted by molar-refractivity contribution is 5.94. The van der Waals surface area contributed by atoms with E-state index in [4.69, 9.17) is 22.9 Å². The number of aliphatic imine (C=N–C) groups is 1. The number of nitrogens with one attached hydrogen (secondary N) is 4. The highest BCUT2D eigenvalue weighted by Gasteiger charge is 2.31. The minimum absolute atomic E-state index is 0.0249. The van der Waals surface area contributed by atoms with Gasteiger partial charge in [0.25, 0.3) is 0 Å². The molecule has 0 bridgehead atoms. The van der Waals surface area contributed by atoms with Crippen molar-refractivity contribution < 1.29 is 34.2 Å². The summed E-state index contributed by atoms with van der Waals surface area (Å²) >= 11 is 0. The number of carboxylic acids is 1. The number of aromatic hydroxyl groups is 1. The van der Waals surface area contributed by atoms with Gasteiger partial charge in [0.15, 0.2) is 5.96 Å². The number of phenols is 1. The molecule has 43 heavy (non-hydrogen) atoms. The fraction of sp³-hybridized carbons (Fsp3) is 0.423. The van der Waals surface area contributed by atoms with Crippen LogP contribution in [0.5, 0.6) is 5.75 Å². The first kappa shape index (κ1) is 34.0. The molecule has 0 spiro atoms. The first-order valence-corrected chi connectivity index (χ1v) is 13.3. The van der Waals surface area contributed by atoms with E-state index in [1.54, 1.807) is 0 Å². The molecule has 2 rings (SSSR count). The number of carbonyl (C=O) groups excluding carboxylic acids is 4. The van der Waals surface area contributed by atoms with Gasteiger partial charge in [-0.1, -0.05) is 12.1 Å². The van der Waals surface area contributed by atoms with Crippen LogP contribution in [0.4, 0.5) is 0 Å². The Bertz CT molecular complexity index is 1260. The SMILES string of the molecule is NC(=O)CCC(NC(=O)C(N)CCCN=C(N)N)C(=O)NC(Cc1ccc(O)cc1)C(=O)NC(Cc1cnc[nH]1)C(=O)O. The molecule has 0 aliphatic rings. The monoisotopic (exact) mass is 602 g/mol. The molecule has 234 valence electrons. The van der Waals surface area contributed by atoms with Crippen molar-refractivity contribution >= 4 is 35.6 Å². The van der Waals surface area contributed by atoms with E-state index in [1.807, 2.05) is 0 Å². The number of H-pyrrole nitrogens is 1. The Kier molecular flexibility index (Phi) is 13.4. The standard InChI is InChI=1S/C26H38N10O7/c27-17(2-1-9-32-26(29)30)22(39)34-18(7-8-21(28)38)23(40)35-19(10-14-3-5-16(37)6-4-14)24(41)36-20(25(42)43)11-15-12-31-13-33-15/h3-6,12-13,17-20,37H,1-2,7-11,27H2,(H2,28,38)(H,31,33)(H,34,39)(H,35,40)(H,36,41)(H,42,43)(H4,29,30,32). The number of aromatic amines is 1. The molecule has 0 saturated heterocycles. The van der Waals surface area contributed by atoms with E-state index in [0.29, 0.717) is 17.7 Å². The number of hydrogen-bond acceptors (Lipinski definition) is 9. The molecule has 4 atom stereocenters. The Hall–Kier alpha value is -5.19. The molecule has 0 aliphatic heterocycles. The van der Waals surface area contributed by atoms with Crippen LogP contribution in [0, 0.1) is 0 Å². The van der Waals surface area contributed by atoms with Crippen LogP contribution in [0.1, 0.15) is 36.9 Å². The van der Waals surface area contributed by atoms with E-state index in [2.05, 4.69) is 30.9 Å². The van der Waals surface area contributed by atoms with E-state index in [-0.39, 0.29) is 50.4 Å². The Morgan fingerprint density at radius 1 is 0.884 bits per heavy atom. The molecule has 1 aromatic carbocycles. The summed E-state index contributed by atoms with van der Waals surface area (Å²) in [7, 11) is 0. The van der Waals surface area contributed by atoms with Gasteiger partial charge in [-0.25, -0.2) is 9.78 Å². The smallest absolute Gasteiger partial charge is 0.326 e. The Morgan fingerprint density at radius 2 is 1.51 bits per heavy atom. The number of aliphatic carboxylic acids is 1. The minimum atomic E-state index is -1.37. The summed E-state index contributed by atoms with van der Waals surface area (Å²) in [4.78, 5) is 73.2. The first-order valence-electron chi connectivity index (χ1n) is 13.3. The lowest BCUT2D eigenvalue weighted by Crippen LogP contribution is -2.58. The predicted molar refractivity (Wildman–Crippen MR) is 154 cm³/mol. The quantitative estimate of drug-likeness (QED) is 0.0468. The molecule has 1 aromatic heterocycles. The molecule has 1 heterocycles. The van der Waals surface area contributed by atoms with Gasteiger partial charge >= 0.3 is 5.97 Å². The number of hydrogen-bond donors (Lipinski definition) is 10. The van der Waals surface area contributed by atoms with Gasteiger partial charge in [0, 0.05) is 37.7 Å². The fourth-order valence-corrected chi connectivity index (χ4v) is 3.92. The molecule has 17 heteroatoms. The van der Waals surface area contributed by atoms with E-state index < -0.39 is 53.8 Å². The van der Waals surface area contributed by atoms with Crippen molar-refractivity contribution in [3.05, 3.63) is 48.0 Å². The zero-order valence-corrected chi connectivity index (χ0v) is 23.4. The van der Waals surface area contributed by atoms with Crippen molar-refractivity contribution in [1.82, 2.24) is 25.9 Å². The topological polar surface area (TPSA) is 307 Å². The first-order chi connectivity index (χ1) is 20.3. The van der Waals surface area contributed by atoms with Gasteiger partial charge in [0.05, 0.1) is 12.4 Å². The number of primary amides is 1. The lowest BCUT2D eigenvalue weighted by Gasteiger charge is -2.25. The average Bonchev–Trinajstić information content (AvgIpc) is 3.46. The van der Waals surface area contributed by atoms with Crippen LogP contribution >= 0.6 is 0 Å². The number of amides is 4. The number of benzene rings is 1. The van der Waals surface area contributed by atoms with Crippen LogP contribution in [-0.2, 0) is 36.8 Å². The Labute approximate surface area is 246 Å². The fourth-order valence-electron chi connectivity index (χ4n) is 3.92. The number of carbonyl (C=O) groups is 5. The van der Waals surface area contributed by atoms with Crippen molar-refractivity contribution in [2.45, 2.75) is 62.7 Å². The third kappa shape index (κ3) is 12.5. The van der Waals surface area contributed by atoms with Crippen molar-refractivity contribution in [3.8, 4) is 5.75 Å². The molecule has 4 amide bonds. The summed E-state index contributed by atoms with van der Waals surface area (Å²) in [6.45, 7) is 0.237. The molecular weight excluding hydrogens is 564 g/mol. The number of rotatable bonds is 18. The number of nitrogens with two attached hydrogens (primary N) is 4. The number of imidazole rings is 1. The lowest BCUT2D eigenvalue weighted by molar-refractivity contribution is -0.142. The summed E-state index contributed by atoms with van der Waals surface area (Å²) in [6, 6.07) is 0.788. The number of guanidine groups is 1. The highest BCUT2D eigenvalue weighted by Crippen LogP contribution is 2.12. The summed E-state index contributed by atoms with van der Waals surface area (Å²) in [5.74, 6) is -4.54. The highest BCUT2D eigenvalue weighted by atomic mass is 16.4. The van der Waals surface area contributed by atoms with Gasteiger partial charge in [-0.2, -0.15) is 0 Å². The second-order valence-electron chi connectivity index (χ2n) is 9.73. The molecule has 0 radical (unpaired) electrons. The van der Waals surface area contributed by atoms with Crippen LogP contribution in [0.25, 0.3) is 0 Å². The van der Waals surface area contributed by atoms with Crippen molar-refractivity contribution in [2.24, 2.45) is 27.9 Å². The predicted octanol–water partition coefficient (Wildman–Crippen LogP) is -2.91. The number of phenolic OH excluding ortho intramolecular Hbond substituents is 1. The van der Waals surface area contributed by atoms with Crippen molar-refractivity contribution in [3.63, 3.8) is 0 Å². The average molecular weight is 603 g/mol. The minimum Gasteiger partial charge on any atom is -0.508 e. The van der Waals surface area contributed by atoms with Gasteiger partial charge in [-0.15, -0.1) is 0 Å². The Morgan fingerprint density at radius 3 is 2.09 bits per heavy atom. The van der Waals surface area contributed by atoms with Crippen molar-refractivity contribution in [1.29, 1.82) is 0 Å². The van der Waals surface area contributed by atoms with Crippen LogP contribution < -0.4 is 38.9 Å². The largest absolute Gasteiger partial charge is 0.508 e. The van der Waals surface area contributed by atoms with Gasteiger partial charge in [0.1, 0.15) is 23.9 Å². The molecule has 0 fully saturated rings. The van der Waals surface area contributed by atoms with Gasteiger partial charge in [-0.3, -0.25) is 24.2 Å². The van der Waals surface area contributed by atoms with Crippen LogP contribution in [0.15, 0.2) is 41.8 Å². The second kappa shape index (κ2) is 16.9. The maximum absolute atomic E-state index is 13.4. The van der Waals surface area contributed by atoms with Gasteiger partial charge in [-0.05, 0) is 37.0 Å². The lowest BCUT2D eigenvalue weighted by atomic mass is 10.0. The van der Waals surface area contributed by atoms with E-state index >= 15 is 0 Å². The van der Waals surface area contributed by atoms with E-state index in [9.17, 15) is 34.2 Å². The normalized spacial score (nSPS) is 13.5. The maximum Gasteiger partial charge on any atom is 0.326 e. The Balaban J connectivity index is 2.22. The maximum atomic E-state index is 13.4. The molecule has 0 aliphatic carbocycles. The van der Waals surface area contributed by atoms with E-state index in [1.165, 1.54) is 36.8 Å². The van der Waals surface area contributed by atoms with Gasteiger partial charge in [0.2, 0.25) is 23.6 Å². The third-order valence-electron chi connectivity index (χ3n) is 6.22. The summed E-state index contributed by atoms with van der Waals surface area (Å²) in [6.07, 6.45) is 2.66. The molecule has 0 saturated carbocycles. The molecule has 17 nitrogen and oxygen atoms in total.